The molecule has 3 N–H and O–H groups in total. The Hall–Kier alpha value is -1.29. The third-order valence-electron chi connectivity index (χ3n) is 4.03. The van der Waals surface area contributed by atoms with Gasteiger partial charge in [0.15, 0.2) is 0 Å². The zero-order valence-corrected chi connectivity index (χ0v) is 12.4. The molecule has 0 radical (unpaired) electrons. The van der Waals surface area contributed by atoms with Crippen molar-refractivity contribution in [2.45, 2.75) is 52.6 Å². The molecule has 1 aliphatic rings. The molecule has 1 aromatic rings. The number of hydrogen-bond acceptors (Lipinski definition) is 2. The average molecular weight is 263 g/mol. The summed E-state index contributed by atoms with van der Waals surface area (Å²) in [6.45, 7) is 9.03. The topological polar surface area (TPSA) is 60.0 Å². The quantitative estimate of drug-likeness (QED) is 0.878. The second-order valence-corrected chi connectivity index (χ2v) is 6.35. The van der Waals surface area contributed by atoms with Crippen LogP contribution in [-0.4, -0.2) is 17.0 Å². The average Bonchev–Trinajstić information content (AvgIpc) is 2.70. The number of nitrogens with zero attached hydrogens (tertiary/aromatic N) is 1. The number of carbonyl (C=O) groups is 1. The van der Waals surface area contributed by atoms with Crippen molar-refractivity contribution >= 4 is 5.91 Å². The monoisotopic (exact) mass is 263 g/mol. The van der Waals surface area contributed by atoms with Crippen LogP contribution in [0.1, 0.15) is 57.5 Å². The van der Waals surface area contributed by atoms with Crippen LogP contribution in [0.3, 0.4) is 0 Å². The highest BCUT2D eigenvalue weighted by atomic mass is 16.2. The Bertz CT molecular complexity index is 476. The van der Waals surface area contributed by atoms with E-state index in [9.17, 15) is 4.79 Å². The molecule has 0 aromatic carbocycles. The lowest BCUT2D eigenvalue weighted by atomic mass is 9.74. The number of aromatic nitrogens is 1. The first-order chi connectivity index (χ1) is 8.85. The van der Waals surface area contributed by atoms with Crippen molar-refractivity contribution in [3.05, 3.63) is 23.5 Å². The Morgan fingerprint density at radius 1 is 1.63 bits per heavy atom. The summed E-state index contributed by atoms with van der Waals surface area (Å²) in [5, 5.41) is 2.88. The first-order valence-corrected chi connectivity index (χ1v) is 7.08. The van der Waals surface area contributed by atoms with E-state index in [1.807, 2.05) is 20.0 Å². The highest BCUT2D eigenvalue weighted by Crippen LogP contribution is 2.40. The fourth-order valence-electron chi connectivity index (χ4n) is 3.07. The molecule has 1 heterocycles. The van der Waals surface area contributed by atoms with Crippen LogP contribution in [-0.2, 0) is 11.2 Å². The molecule has 106 valence electrons. The van der Waals surface area contributed by atoms with Crippen molar-refractivity contribution in [3.63, 3.8) is 0 Å². The molecule has 2 atom stereocenters. The van der Waals surface area contributed by atoms with E-state index in [1.54, 1.807) is 0 Å². The molecule has 0 fully saturated rings. The van der Waals surface area contributed by atoms with Crippen LogP contribution >= 0.6 is 0 Å². The van der Waals surface area contributed by atoms with Gasteiger partial charge >= 0.3 is 0 Å². The number of amides is 1. The number of nitrogens with one attached hydrogen (secondary N) is 1. The van der Waals surface area contributed by atoms with Crippen molar-refractivity contribution in [3.8, 4) is 0 Å². The maximum atomic E-state index is 12.0. The third-order valence-corrected chi connectivity index (χ3v) is 4.03. The van der Waals surface area contributed by atoms with Crippen molar-refractivity contribution in [2.75, 3.05) is 6.54 Å². The van der Waals surface area contributed by atoms with Crippen molar-refractivity contribution in [1.82, 2.24) is 9.88 Å². The van der Waals surface area contributed by atoms with Crippen LogP contribution < -0.4 is 11.1 Å². The van der Waals surface area contributed by atoms with Crippen LogP contribution in [0.5, 0.6) is 0 Å². The molecule has 4 heteroatoms. The van der Waals surface area contributed by atoms with Gasteiger partial charge in [0.2, 0.25) is 5.91 Å². The molecule has 0 saturated heterocycles. The number of nitrogens with two attached hydrogens (primary N) is 1. The van der Waals surface area contributed by atoms with E-state index in [0.717, 1.165) is 12.8 Å². The maximum Gasteiger partial charge on any atom is 0.242 e. The largest absolute Gasteiger partial charge is 0.355 e. The minimum absolute atomic E-state index is 0.0675. The fourth-order valence-corrected chi connectivity index (χ4v) is 3.07. The first kappa shape index (κ1) is 14.1. The summed E-state index contributed by atoms with van der Waals surface area (Å²) in [4.78, 5) is 12.0. The molecule has 1 aliphatic carbocycles. The van der Waals surface area contributed by atoms with Gasteiger partial charge in [-0.3, -0.25) is 4.79 Å². The molecule has 0 spiro atoms. The zero-order chi connectivity index (χ0) is 14.2. The third kappa shape index (κ3) is 2.68. The van der Waals surface area contributed by atoms with E-state index in [2.05, 4.69) is 29.8 Å². The highest BCUT2D eigenvalue weighted by Gasteiger charge is 2.33. The molecule has 0 bridgehead atoms. The summed E-state index contributed by atoms with van der Waals surface area (Å²) < 4.78 is 2.08. The van der Waals surface area contributed by atoms with Gasteiger partial charge in [0.05, 0.1) is 0 Å². The Balaban J connectivity index is 2.32. The number of rotatable bonds is 3. The second-order valence-electron chi connectivity index (χ2n) is 6.35. The Kier molecular flexibility index (Phi) is 3.72. The molecule has 0 saturated carbocycles. The van der Waals surface area contributed by atoms with Crippen LogP contribution in [0.2, 0.25) is 0 Å². The lowest BCUT2D eigenvalue weighted by Crippen LogP contribution is -2.34. The summed E-state index contributed by atoms with van der Waals surface area (Å²) in [6, 6.07) is 1.98. The van der Waals surface area contributed by atoms with Crippen molar-refractivity contribution in [2.24, 2.45) is 11.1 Å². The van der Waals surface area contributed by atoms with Gasteiger partial charge in [0.25, 0.3) is 0 Å². The zero-order valence-electron chi connectivity index (χ0n) is 12.4. The van der Waals surface area contributed by atoms with Gasteiger partial charge in [0.1, 0.15) is 6.04 Å². The summed E-state index contributed by atoms with van der Waals surface area (Å²) in [7, 11) is 0. The molecule has 2 unspecified atom stereocenters. The molecular formula is C15H25N3O. The van der Waals surface area contributed by atoms with E-state index >= 15 is 0 Å². The van der Waals surface area contributed by atoms with Gasteiger partial charge in [-0.05, 0) is 43.7 Å². The summed E-state index contributed by atoms with van der Waals surface area (Å²) >= 11 is 0. The summed E-state index contributed by atoms with van der Waals surface area (Å²) in [5.41, 5.74) is 8.88. The number of likely N-dealkylation sites (N-methyl/N-ethyl adjacent to an activating group) is 1. The van der Waals surface area contributed by atoms with Gasteiger partial charge in [-0.15, -0.1) is 0 Å². The van der Waals surface area contributed by atoms with Gasteiger partial charge in [-0.1, -0.05) is 13.8 Å². The van der Waals surface area contributed by atoms with E-state index in [-0.39, 0.29) is 23.4 Å². The summed E-state index contributed by atoms with van der Waals surface area (Å²) in [5.74, 6) is 0.0675. The molecule has 2 rings (SSSR count). The highest BCUT2D eigenvalue weighted by molar-refractivity contribution is 5.80. The molecule has 19 heavy (non-hydrogen) atoms. The maximum absolute atomic E-state index is 12.0. The van der Waals surface area contributed by atoms with E-state index in [4.69, 9.17) is 5.73 Å². The molecule has 1 amide bonds. The van der Waals surface area contributed by atoms with Crippen LogP contribution in [0.25, 0.3) is 0 Å². The molecule has 1 aromatic heterocycles. The number of carbonyl (C=O) groups excluding carboxylic acids is 1. The predicted octanol–water partition coefficient (Wildman–Crippen LogP) is 2.16. The fraction of sp³-hybridized carbons (Fsp3) is 0.667. The molecule has 0 aliphatic heterocycles. The Morgan fingerprint density at radius 2 is 2.32 bits per heavy atom. The summed E-state index contributed by atoms with van der Waals surface area (Å²) in [6.07, 6.45) is 3.98. The molecule has 4 nitrogen and oxygen atoms in total. The lowest BCUT2D eigenvalue weighted by molar-refractivity contribution is -0.123. The van der Waals surface area contributed by atoms with Gasteiger partial charge in [0, 0.05) is 24.5 Å². The van der Waals surface area contributed by atoms with Gasteiger partial charge in [-0.2, -0.15) is 0 Å². The Morgan fingerprint density at radius 3 is 2.95 bits per heavy atom. The standard InChI is InChI=1S/C15H25N3O/c1-5-17-14(19)10(2)18-7-6-11-12(16)8-15(3,4)9-13(11)18/h6-7,10,12H,5,8-9,16H2,1-4H3,(H,17,19). The smallest absolute Gasteiger partial charge is 0.242 e. The number of fused-ring (bicyclic) bond motifs is 1. The minimum atomic E-state index is -0.176. The number of hydrogen-bond donors (Lipinski definition) is 2. The Labute approximate surface area is 115 Å². The van der Waals surface area contributed by atoms with Crippen LogP contribution in [0.4, 0.5) is 0 Å². The lowest BCUT2D eigenvalue weighted by Gasteiger charge is -2.35. The van der Waals surface area contributed by atoms with Gasteiger partial charge in [-0.25, -0.2) is 0 Å². The normalized spacial score (nSPS) is 22.7. The molecular weight excluding hydrogens is 238 g/mol. The SMILES string of the molecule is CCNC(=O)C(C)n1ccc2c1CC(C)(C)CC2N. The first-order valence-electron chi connectivity index (χ1n) is 7.08. The van der Waals surface area contributed by atoms with Crippen LogP contribution in [0, 0.1) is 5.41 Å². The van der Waals surface area contributed by atoms with Crippen molar-refractivity contribution < 1.29 is 4.79 Å². The van der Waals surface area contributed by atoms with E-state index in [0.29, 0.717) is 6.54 Å². The minimum Gasteiger partial charge on any atom is -0.355 e. The van der Waals surface area contributed by atoms with Gasteiger partial charge < -0.3 is 15.6 Å². The predicted molar refractivity (Wildman–Crippen MR) is 76.9 cm³/mol. The second kappa shape index (κ2) is 5.00. The van der Waals surface area contributed by atoms with Crippen molar-refractivity contribution in [1.29, 1.82) is 0 Å². The van der Waals surface area contributed by atoms with E-state index < -0.39 is 0 Å². The van der Waals surface area contributed by atoms with E-state index in [1.165, 1.54) is 11.3 Å². The van der Waals surface area contributed by atoms with Crippen LogP contribution in [0.15, 0.2) is 12.3 Å².